The summed E-state index contributed by atoms with van der Waals surface area (Å²) in [6.07, 6.45) is -5.06. The van der Waals surface area contributed by atoms with Crippen molar-refractivity contribution in [1.82, 2.24) is 15.0 Å². The van der Waals surface area contributed by atoms with Crippen molar-refractivity contribution in [2.75, 3.05) is 19.3 Å². The highest BCUT2D eigenvalue weighted by molar-refractivity contribution is 7.90. The molecular formula is C20H20F5N3O5S. The summed E-state index contributed by atoms with van der Waals surface area (Å²) >= 11 is 0. The van der Waals surface area contributed by atoms with Gasteiger partial charge in [0.15, 0.2) is 21.8 Å². The van der Waals surface area contributed by atoms with Crippen molar-refractivity contribution in [3.05, 3.63) is 35.5 Å². The molecule has 2 aromatic rings. The number of aromatic nitrogens is 2. The molecule has 2 unspecified atom stereocenters. The van der Waals surface area contributed by atoms with Crippen LogP contribution in [0.3, 0.4) is 0 Å². The number of alkyl halides is 5. The van der Waals surface area contributed by atoms with Gasteiger partial charge in [-0.25, -0.2) is 17.2 Å². The van der Waals surface area contributed by atoms with Gasteiger partial charge in [-0.1, -0.05) is 5.16 Å². The van der Waals surface area contributed by atoms with E-state index < -0.39 is 45.3 Å². The van der Waals surface area contributed by atoms with E-state index in [1.807, 2.05) is 0 Å². The number of hydrogen-bond acceptors (Lipinski definition) is 7. The van der Waals surface area contributed by atoms with Gasteiger partial charge in [0.05, 0.1) is 15.9 Å². The highest BCUT2D eigenvalue weighted by atomic mass is 32.2. The average Bonchev–Trinajstić information content (AvgIpc) is 3.07. The van der Waals surface area contributed by atoms with Crippen LogP contribution < -0.4 is 4.74 Å². The molecule has 8 nitrogen and oxygen atoms in total. The number of carbonyl (C=O) groups is 1. The Balaban J connectivity index is 1.63. The van der Waals surface area contributed by atoms with E-state index in [2.05, 4.69) is 14.7 Å². The van der Waals surface area contributed by atoms with Crippen molar-refractivity contribution >= 4 is 15.7 Å². The van der Waals surface area contributed by atoms with E-state index in [0.717, 1.165) is 31.4 Å². The molecule has 1 aromatic carbocycles. The first-order chi connectivity index (χ1) is 15.5. The quantitative estimate of drug-likeness (QED) is 0.551. The van der Waals surface area contributed by atoms with Crippen LogP contribution in [0, 0.1) is 5.92 Å². The second-order valence-electron chi connectivity index (χ2n) is 8.81. The first kappa shape index (κ1) is 24.4. The molecule has 2 heterocycles. The van der Waals surface area contributed by atoms with Crippen LogP contribution in [0.4, 0.5) is 22.0 Å². The second kappa shape index (κ2) is 7.62. The Bertz CT molecular complexity index is 1240. The van der Waals surface area contributed by atoms with Crippen LogP contribution in [0.1, 0.15) is 42.3 Å². The van der Waals surface area contributed by atoms with Gasteiger partial charge in [-0.05, 0) is 37.5 Å². The predicted octanol–water partition coefficient (Wildman–Crippen LogP) is 3.33. The van der Waals surface area contributed by atoms with E-state index in [0.29, 0.717) is 13.3 Å². The van der Waals surface area contributed by atoms with Crippen LogP contribution in [0.15, 0.2) is 27.6 Å². The molecule has 2 fully saturated rings. The number of carbonyl (C=O) groups excluding carboxylic acids is 1. The van der Waals surface area contributed by atoms with Gasteiger partial charge < -0.3 is 14.2 Å². The van der Waals surface area contributed by atoms with E-state index in [-0.39, 0.29) is 41.0 Å². The monoisotopic (exact) mass is 509 g/mol. The highest BCUT2D eigenvalue weighted by Crippen LogP contribution is 2.58. The molecular weight excluding hydrogens is 489 g/mol. The van der Waals surface area contributed by atoms with Crippen LogP contribution in [-0.4, -0.2) is 60.7 Å². The average molecular weight is 509 g/mol. The minimum atomic E-state index is -4.81. The molecule has 14 heteroatoms. The van der Waals surface area contributed by atoms with Crippen LogP contribution in [-0.2, 0) is 21.4 Å². The van der Waals surface area contributed by atoms with Crippen LogP contribution >= 0.6 is 0 Å². The lowest BCUT2D eigenvalue weighted by Crippen LogP contribution is -2.35. The van der Waals surface area contributed by atoms with E-state index >= 15 is 0 Å². The molecule has 1 saturated heterocycles. The third-order valence-electron chi connectivity index (χ3n) is 6.17. The van der Waals surface area contributed by atoms with Gasteiger partial charge in [0.2, 0.25) is 0 Å². The molecule has 0 spiro atoms. The van der Waals surface area contributed by atoms with E-state index in [4.69, 9.17) is 4.74 Å². The first-order valence-corrected chi connectivity index (χ1v) is 12.0. The lowest BCUT2D eigenvalue weighted by molar-refractivity contribution is -0.159. The Kier molecular flexibility index (Phi) is 5.46. The lowest BCUT2D eigenvalue weighted by Gasteiger charge is -2.25. The summed E-state index contributed by atoms with van der Waals surface area (Å²) in [6, 6.07) is 3.32. The normalized spacial score (nSPS) is 23.5. The molecule has 1 aromatic heterocycles. The zero-order valence-electron chi connectivity index (χ0n) is 18.2. The summed E-state index contributed by atoms with van der Waals surface area (Å²) in [4.78, 5) is 17.8. The minimum Gasteiger partial charge on any atom is -0.484 e. The van der Waals surface area contributed by atoms with Gasteiger partial charge in [0.1, 0.15) is 5.75 Å². The van der Waals surface area contributed by atoms with Gasteiger partial charge in [-0.15, -0.1) is 0 Å². The Morgan fingerprint density at radius 3 is 2.53 bits per heavy atom. The molecule has 1 aliphatic heterocycles. The third-order valence-corrected chi connectivity index (χ3v) is 7.28. The molecule has 34 heavy (non-hydrogen) atoms. The summed E-state index contributed by atoms with van der Waals surface area (Å²) in [5, 5.41) is 3.44. The molecule has 186 valence electrons. The van der Waals surface area contributed by atoms with Crippen LogP contribution in [0.5, 0.6) is 5.75 Å². The largest absolute Gasteiger partial charge is 0.484 e. The third kappa shape index (κ3) is 4.34. The number of likely N-dealkylation sites (tertiary alicyclic amines) is 1. The van der Waals surface area contributed by atoms with Crippen molar-refractivity contribution < 1.29 is 44.4 Å². The number of ether oxygens (including phenoxy) is 1. The summed E-state index contributed by atoms with van der Waals surface area (Å²) in [5.74, 6) is -6.07. The predicted molar refractivity (Wildman–Crippen MR) is 105 cm³/mol. The van der Waals surface area contributed by atoms with Crippen molar-refractivity contribution in [2.24, 2.45) is 5.92 Å². The Hall–Kier alpha value is -2.77. The molecule has 2 aliphatic rings. The van der Waals surface area contributed by atoms with Crippen LogP contribution in [0.25, 0.3) is 0 Å². The summed E-state index contributed by atoms with van der Waals surface area (Å²) in [7, 11) is -3.74. The van der Waals surface area contributed by atoms with E-state index in [1.54, 1.807) is 0 Å². The second-order valence-corrected chi connectivity index (χ2v) is 10.8. The van der Waals surface area contributed by atoms with Gasteiger partial charge in [0.25, 0.3) is 11.8 Å². The number of sulfone groups is 1. The molecule has 0 radical (unpaired) electrons. The number of hydrogen-bond donors (Lipinski definition) is 0. The number of piperidine rings is 1. The number of amides is 1. The fourth-order valence-electron chi connectivity index (χ4n) is 4.00. The fourth-order valence-corrected chi connectivity index (χ4v) is 4.65. The maximum absolute atomic E-state index is 13.7. The molecule has 1 aliphatic carbocycles. The van der Waals surface area contributed by atoms with Crippen LogP contribution in [0.2, 0.25) is 0 Å². The lowest BCUT2D eigenvalue weighted by atomic mass is 10.1. The molecule has 4 rings (SSSR count). The number of rotatable bonds is 6. The minimum absolute atomic E-state index is 0.0463. The zero-order valence-corrected chi connectivity index (χ0v) is 19.0. The summed E-state index contributed by atoms with van der Waals surface area (Å²) in [5.41, 5.74) is -1.17. The number of benzene rings is 1. The molecule has 1 saturated carbocycles. The van der Waals surface area contributed by atoms with Crippen molar-refractivity contribution in [1.29, 1.82) is 0 Å². The Morgan fingerprint density at radius 1 is 1.29 bits per heavy atom. The maximum Gasteiger partial charge on any atom is 0.471 e. The SMILES string of the molecule is C[C@@H](Oc1ccc(S(C)(=O)=O)cc1C(=O)N1CC2CC2(c2noc(C(F)(F)F)n2)C1)C(C)(F)F. The number of nitrogens with zero attached hydrogens (tertiary/aromatic N) is 3. The topological polar surface area (TPSA) is 103 Å². The smallest absolute Gasteiger partial charge is 0.471 e. The van der Waals surface area contributed by atoms with Crippen molar-refractivity contribution in [3.63, 3.8) is 0 Å². The highest BCUT2D eigenvalue weighted by Gasteiger charge is 2.65. The number of halogens is 5. The molecule has 1 amide bonds. The van der Waals surface area contributed by atoms with Gasteiger partial charge in [-0.3, -0.25) is 4.79 Å². The molecule has 0 bridgehead atoms. The first-order valence-electron chi connectivity index (χ1n) is 10.1. The number of fused-ring (bicyclic) bond motifs is 1. The summed E-state index contributed by atoms with van der Waals surface area (Å²) in [6.45, 7) is 1.83. The Morgan fingerprint density at radius 2 is 1.97 bits per heavy atom. The maximum atomic E-state index is 13.7. The van der Waals surface area contributed by atoms with Crippen molar-refractivity contribution in [3.8, 4) is 5.75 Å². The molecule has 3 atom stereocenters. The Labute approximate surface area is 191 Å². The van der Waals surface area contributed by atoms with E-state index in [1.165, 1.54) is 4.90 Å². The van der Waals surface area contributed by atoms with Gasteiger partial charge >= 0.3 is 12.1 Å². The van der Waals surface area contributed by atoms with Gasteiger partial charge in [-0.2, -0.15) is 18.2 Å². The molecule has 0 N–H and O–H groups in total. The van der Waals surface area contributed by atoms with Gasteiger partial charge in [0, 0.05) is 26.3 Å². The van der Waals surface area contributed by atoms with Crippen molar-refractivity contribution in [2.45, 2.75) is 48.8 Å². The summed E-state index contributed by atoms with van der Waals surface area (Å²) < 4.78 is 99.5. The standard InChI is InChI=1S/C20H20F5N3O5S/c1-10(18(2,21)22)32-14-5-4-12(34(3,30)31)6-13(14)15(29)28-8-11-7-19(11,9-28)16-26-17(33-27-16)20(23,24)25/h4-6,10-11H,7-9H2,1-3H3/t10-,11?,19?/m1/s1. The fraction of sp³-hybridized carbons (Fsp3) is 0.550. The zero-order chi connectivity index (χ0) is 25.3. The van der Waals surface area contributed by atoms with E-state index in [9.17, 15) is 35.2 Å².